The molecule has 6 heterocycles. The van der Waals surface area contributed by atoms with Crippen molar-refractivity contribution in [3.05, 3.63) is 82.9 Å². The van der Waals surface area contributed by atoms with Gasteiger partial charge in [0.1, 0.15) is 5.82 Å². The summed E-state index contributed by atoms with van der Waals surface area (Å²) in [6, 6.07) is 10.1. The molecule has 10 nitrogen and oxygen atoms in total. The molecule has 0 radical (unpaired) electrons. The number of imidazole rings is 1. The summed E-state index contributed by atoms with van der Waals surface area (Å²) in [4.78, 5) is 24.7. The van der Waals surface area contributed by atoms with Gasteiger partial charge in [-0.25, -0.2) is 9.18 Å². The van der Waals surface area contributed by atoms with E-state index in [9.17, 15) is 13.6 Å². The van der Waals surface area contributed by atoms with Crippen LogP contribution in [0.15, 0.2) is 64.2 Å². The second-order valence-electron chi connectivity index (χ2n) is 10.2. The van der Waals surface area contributed by atoms with Crippen molar-refractivity contribution >= 4 is 11.0 Å². The summed E-state index contributed by atoms with van der Waals surface area (Å²) in [7, 11) is 0. The van der Waals surface area contributed by atoms with Crippen molar-refractivity contribution < 1.29 is 22.3 Å². The highest BCUT2D eigenvalue weighted by Crippen LogP contribution is 2.32. The summed E-state index contributed by atoms with van der Waals surface area (Å²) in [5, 5.41) is 6.98. The minimum Gasteiger partial charge on any atom is -0.415 e. The van der Waals surface area contributed by atoms with Gasteiger partial charge >= 0.3 is 12.1 Å². The Morgan fingerprint density at radius 1 is 1.00 bits per heavy atom. The first-order valence-corrected chi connectivity index (χ1v) is 13.2. The van der Waals surface area contributed by atoms with E-state index in [0.29, 0.717) is 59.2 Å². The molecule has 2 aliphatic heterocycles. The molecule has 1 unspecified atom stereocenters. The van der Waals surface area contributed by atoms with E-state index in [-0.39, 0.29) is 24.2 Å². The van der Waals surface area contributed by atoms with Crippen LogP contribution in [0.4, 0.5) is 13.2 Å². The number of pyridine rings is 2. The van der Waals surface area contributed by atoms with Crippen molar-refractivity contribution in [2.24, 2.45) is 0 Å². The monoisotopic (exact) mass is 563 g/mol. The van der Waals surface area contributed by atoms with E-state index in [0.717, 1.165) is 13.0 Å². The fourth-order valence-corrected chi connectivity index (χ4v) is 5.55. The molecule has 2 aliphatic rings. The average Bonchev–Trinajstić information content (AvgIpc) is 3.68. The van der Waals surface area contributed by atoms with Crippen molar-refractivity contribution in [2.45, 2.75) is 31.5 Å². The average molecular weight is 564 g/mol. The Morgan fingerprint density at radius 3 is 2.51 bits per heavy atom. The van der Waals surface area contributed by atoms with Crippen LogP contribution in [-0.2, 0) is 11.3 Å². The Labute approximate surface area is 231 Å². The third-order valence-corrected chi connectivity index (χ3v) is 7.76. The molecule has 0 aliphatic carbocycles. The zero-order valence-corrected chi connectivity index (χ0v) is 21.7. The Bertz CT molecular complexity index is 1760. The largest absolute Gasteiger partial charge is 0.415 e. The van der Waals surface area contributed by atoms with Crippen molar-refractivity contribution in [1.29, 1.82) is 0 Å². The highest BCUT2D eigenvalue weighted by molar-refractivity contribution is 5.83. The molecule has 1 atom stereocenters. The number of aromatic nitrogens is 6. The second-order valence-corrected chi connectivity index (χ2v) is 10.2. The fourth-order valence-electron chi connectivity index (χ4n) is 5.55. The number of benzene rings is 1. The van der Waals surface area contributed by atoms with Gasteiger partial charge in [-0.3, -0.25) is 24.0 Å². The van der Waals surface area contributed by atoms with Crippen LogP contribution in [0.2, 0.25) is 0 Å². The quantitative estimate of drug-likeness (QED) is 0.292. The van der Waals surface area contributed by atoms with Crippen LogP contribution in [0.1, 0.15) is 30.5 Å². The van der Waals surface area contributed by atoms with Crippen LogP contribution >= 0.6 is 0 Å². The van der Waals surface area contributed by atoms with Gasteiger partial charge in [-0.15, -0.1) is 10.2 Å². The number of alkyl halides is 2. The van der Waals surface area contributed by atoms with E-state index >= 15 is 4.39 Å². The number of rotatable bonds is 7. The van der Waals surface area contributed by atoms with Crippen LogP contribution in [0.25, 0.3) is 33.6 Å². The minimum atomic E-state index is -2.87. The lowest BCUT2D eigenvalue weighted by Crippen LogP contribution is -2.48. The van der Waals surface area contributed by atoms with E-state index in [1.807, 2.05) is 0 Å². The number of halogens is 3. The Morgan fingerprint density at radius 2 is 1.83 bits per heavy atom. The van der Waals surface area contributed by atoms with E-state index < -0.39 is 18.1 Å². The molecule has 13 heteroatoms. The van der Waals surface area contributed by atoms with Crippen molar-refractivity contribution in [3.63, 3.8) is 0 Å². The molecular formula is C28H24F3N7O3. The molecule has 0 saturated carbocycles. The van der Waals surface area contributed by atoms with E-state index in [2.05, 4.69) is 25.1 Å². The lowest BCUT2D eigenvalue weighted by atomic mass is 10.1. The van der Waals surface area contributed by atoms with Crippen LogP contribution in [0, 0.1) is 5.82 Å². The Balaban J connectivity index is 1.27. The second kappa shape index (κ2) is 10.2. The zero-order valence-electron chi connectivity index (χ0n) is 21.7. The van der Waals surface area contributed by atoms with Gasteiger partial charge in [-0.05, 0) is 42.3 Å². The molecule has 7 rings (SSSR count). The lowest BCUT2D eigenvalue weighted by molar-refractivity contribution is -0.0578. The topological polar surface area (TPSA) is 104 Å². The van der Waals surface area contributed by atoms with Crippen LogP contribution in [0.5, 0.6) is 0 Å². The summed E-state index contributed by atoms with van der Waals surface area (Å²) >= 11 is 0. The molecule has 210 valence electrons. The number of likely N-dealkylation sites (tertiary alicyclic amines) is 1. The van der Waals surface area contributed by atoms with Crippen molar-refractivity contribution in [1.82, 2.24) is 34.2 Å². The van der Waals surface area contributed by atoms with Crippen LogP contribution < -0.4 is 5.69 Å². The van der Waals surface area contributed by atoms with Gasteiger partial charge in [0.2, 0.25) is 5.89 Å². The summed E-state index contributed by atoms with van der Waals surface area (Å²) in [5.41, 5.74) is 2.77. The SMILES string of the molecule is O=c1n(Cc2ccc(-c3nnc(C(F)F)o3)cn2)c2cc(F)c(-c3ccncc3)cc2n1C1CCN(C2COC2)C1. The standard InChI is InChI=1S/C28H24F3N7O3/c29-22-10-23-24(9-21(22)16-3-6-32-7-4-16)38(19-5-8-36(13-19)20-14-40-15-20)28(39)37(23)12-18-2-1-17(11-33-18)26-34-35-27(41-26)25(30)31/h1-4,6-7,9-11,19-20,25H,5,8,12-15H2. The van der Waals surface area contributed by atoms with Gasteiger partial charge in [0, 0.05) is 43.3 Å². The van der Waals surface area contributed by atoms with E-state index in [4.69, 9.17) is 9.15 Å². The third-order valence-electron chi connectivity index (χ3n) is 7.76. The number of nitrogens with zero attached hydrogens (tertiary/aromatic N) is 7. The predicted octanol–water partition coefficient (Wildman–Crippen LogP) is 4.08. The summed E-state index contributed by atoms with van der Waals surface area (Å²) in [6.07, 6.45) is 2.53. The fraction of sp³-hybridized carbons (Fsp3) is 0.321. The van der Waals surface area contributed by atoms with Gasteiger partial charge in [-0.2, -0.15) is 8.78 Å². The van der Waals surface area contributed by atoms with Crippen LogP contribution in [0.3, 0.4) is 0 Å². The lowest BCUT2D eigenvalue weighted by Gasteiger charge is -2.34. The molecule has 41 heavy (non-hydrogen) atoms. The molecule has 0 amide bonds. The van der Waals surface area contributed by atoms with Crippen molar-refractivity contribution in [3.8, 4) is 22.6 Å². The summed E-state index contributed by atoms with van der Waals surface area (Å²) in [6.45, 7) is 3.01. The number of hydrogen-bond donors (Lipinski definition) is 0. The minimum absolute atomic E-state index is 0.0790. The summed E-state index contributed by atoms with van der Waals surface area (Å²) < 4.78 is 54.8. The van der Waals surface area contributed by atoms with E-state index in [1.165, 1.54) is 16.8 Å². The first-order valence-electron chi connectivity index (χ1n) is 13.2. The van der Waals surface area contributed by atoms with Gasteiger partial charge < -0.3 is 9.15 Å². The first-order chi connectivity index (χ1) is 20.0. The number of hydrogen-bond acceptors (Lipinski definition) is 8. The molecule has 0 bridgehead atoms. The highest BCUT2D eigenvalue weighted by Gasteiger charge is 2.35. The normalized spacial score (nSPS) is 18.0. The third kappa shape index (κ3) is 4.60. The van der Waals surface area contributed by atoms with Gasteiger partial charge in [0.25, 0.3) is 5.89 Å². The maximum Gasteiger partial charge on any atom is 0.329 e. The zero-order chi connectivity index (χ0) is 28.1. The molecule has 0 N–H and O–H groups in total. The maximum absolute atomic E-state index is 15.5. The van der Waals surface area contributed by atoms with Gasteiger partial charge in [0.05, 0.1) is 54.1 Å². The number of ether oxygens (including phenoxy) is 1. The Kier molecular flexibility index (Phi) is 6.39. The maximum atomic E-state index is 15.5. The number of fused-ring (bicyclic) bond motifs is 1. The molecular weight excluding hydrogens is 539 g/mol. The predicted molar refractivity (Wildman–Crippen MR) is 141 cm³/mol. The van der Waals surface area contributed by atoms with Crippen LogP contribution in [-0.4, -0.2) is 66.5 Å². The smallest absolute Gasteiger partial charge is 0.329 e. The molecule has 2 saturated heterocycles. The molecule has 0 spiro atoms. The first kappa shape index (κ1) is 25.6. The summed E-state index contributed by atoms with van der Waals surface area (Å²) in [5.74, 6) is -1.31. The molecule has 4 aromatic heterocycles. The van der Waals surface area contributed by atoms with Gasteiger partial charge in [0.15, 0.2) is 0 Å². The van der Waals surface area contributed by atoms with Crippen molar-refractivity contribution in [2.75, 3.05) is 26.3 Å². The van der Waals surface area contributed by atoms with E-state index in [1.54, 1.807) is 47.3 Å². The molecule has 1 aromatic carbocycles. The molecule has 5 aromatic rings. The Hall–Kier alpha value is -4.36. The molecule has 2 fully saturated rings. The highest BCUT2D eigenvalue weighted by atomic mass is 19.3. The van der Waals surface area contributed by atoms with Gasteiger partial charge in [-0.1, -0.05) is 0 Å².